The summed E-state index contributed by atoms with van der Waals surface area (Å²) in [4.78, 5) is 10.0. The lowest BCUT2D eigenvalue weighted by Gasteiger charge is -2.05. The van der Waals surface area contributed by atoms with Crippen LogP contribution in [0.2, 0.25) is 0 Å². The number of nitro benzene ring substituents is 1. The van der Waals surface area contributed by atoms with Crippen molar-refractivity contribution in [3.05, 3.63) is 70.3 Å². The van der Waals surface area contributed by atoms with Crippen molar-refractivity contribution in [3.8, 4) is 5.75 Å². The molecule has 0 heterocycles. The first-order chi connectivity index (χ1) is 8.25. The first-order valence-corrected chi connectivity index (χ1v) is 5.17. The largest absolute Gasteiger partial charge is 0.489 e. The topological polar surface area (TPSA) is 52.4 Å². The van der Waals surface area contributed by atoms with Gasteiger partial charge in [-0.1, -0.05) is 30.3 Å². The van der Waals surface area contributed by atoms with E-state index in [1.165, 1.54) is 12.1 Å². The Bertz CT molecular complexity index is 494. The summed E-state index contributed by atoms with van der Waals surface area (Å²) >= 11 is 0. The number of ether oxygens (including phenoxy) is 1. The van der Waals surface area contributed by atoms with Gasteiger partial charge in [0.15, 0.2) is 0 Å². The van der Waals surface area contributed by atoms with Crippen LogP contribution in [0.4, 0.5) is 5.69 Å². The van der Waals surface area contributed by atoms with Crippen molar-refractivity contribution in [2.75, 3.05) is 0 Å². The fourth-order valence-corrected chi connectivity index (χ4v) is 1.40. The lowest BCUT2D eigenvalue weighted by molar-refractivity contribution is -0.384. The van der Waals surface area contributed by atoms with Gasteiger partial charge in [0, 0.05) is 12.1 Å². The van der Waals surface area contributed by atoms with Crippen molar-refractivity contribution in [1.29, 1.82) is 0 Å². The Morgan fingerprint density at radius 2 is 1.65 bits per heavy atom. The number of non-ortho nitro benzene ring substituents is 1. The molecule has 0 radical (unpaired) electrons. The molecule has 0 unspecified atom stereocenters. The van der Waals surface area contributed by atoms with E-state index in [2.05, 4.69) is 0 Å². The highest BCUT2D eigenvalue weighted by Gasteiger charge is 2.04. The smallest absolute Gasteiger partial charge is 0.269 e. The molecule has 0 aliphatic heterocycles. The molecular formula is C13H11NO3. The number of nitrogens with zero attached hydrogens (tertiary/aromatic N) is 1. The van der Waals surface area contributed by atoms with Gasteiger partial charge >= 0.3 is 0 Å². The van der Waals surface area contributed by atoms with E-state index < -0.39 is 4.92 Å². The SMILES string of the molecule is O=[N+]([O-])c1ccc([18O]Cc2ccccc2)cc1. The Labute approximate surface area is 98.6 Å². The summed E-state index contributed by atoms with van der Waals surface area (Å²) in [5.41, 5.74) is 1.13. The first-order valence-electron chi connectivity index (χ1n) is 5.17. The van der Waals surface area contributed by atoms with Gasteiger partial charge in [0.1, 0.15) is 12.4 Å². The first kappa shape index (κ1) is 11.1. The zero-order valence-electron chi connectivity index (χ0n) is 9.08. The monoisotopic (exact) mass is 231 g/mol. The van der Waals surface area contributed by atoms with Gasteiger partial charge in [0.05, 0.1) is 4.92 Å². The Morgan fingerprint density at radius 1 is 1.00 bits per heavy atom. The van der Waals surface area contributed by atoms with Crippen LogP contribution in [0.15, 0.2) is 54.6 Å². The van der Waals surface area contributed by atoms with E-state index >= 15 is 0 Å². The maximum Gasteiger partial charge on any atom is 0.269 e. The summed E-state index contributed by atoms with van der Waals surface area (Å²) in [6, 6.07) is 15.8. The van der Waals surface area contributed by atoms with E-state index in [4.69, 9.17) is 4.74 Å². The van der Waals surface area contributed by atoms with Gasteiger partial charge in [-0.05, 0) is 17.7 Å². The summed E-state index contributed by atoms with van der Waals surface area (Å²) in [6.07, 6.45) is 0. The van der Waals surface area contributed by atoms with Crippen LogP contribution in [0.5, 0.6) is 5.75 Å². The van der Waals surface area contributed by atoms with Crippen LogP contribution in [0.3, 0.4) is 0 Å². The maximum atomic E-state index is 10.5. The van der Waals surface area contributed by atoms with E-state index in [9.17, 15) is 10.1 Å². The van der Waals surface area contributed by atoms with Crippen LogP contribution in [-0.2, 0) is 6.61 Å². The van der Waals surface area contributed by atoms with Gasteiger partial charge in [0.25, 0.3) is 5.69 Å². The molecule has 0 fully saturated rings. The predicted molar refractivity (Wildman–Crippen MR) is 63.9 cm³/mol. The summed E-state index contributed by atoms with van der Waals surface area (Å²) in [5.74, 6) is 0.624. The van der Waals surface area contributed by atoms with E-state index in [0.29, 0.717) is 12.4 Å². The van der Waals surface area contributed by atoms with Gasteiger partial charge in [0.2, 0.25) is 0 Å². The minimum Gasteiger partial charge on any atom is -0.489 e. The molecule has 0 aliphatic rings. The number of hydrogen-bond acceptors (Lipinski definition) is 3. The van der Waals surface area contributed by atoms with Gasteiger partial charge in [-0.15, -0.1) is 0 Å². The lowest BCUT2D eigenvalue weighted by atomic mass is 10.2. The van der Waals surface area contributed by atoms with Crippen molar-refractivity contribution >= 4 is 5.69 Å². The number of hydrogen-bond donors (Lipinski definition) is 0. The van der Waals surface area contributed by atoms with Crippen molar-refractivity contribution in [3.63, 3.8) is 0 Å². The van der Waals surface area contributed by atoms with Crippen molar-refractivity contribution in [2.45, 2.75) is 6.61 Å². The summed E-state index contributed by atoms with van der Waals surface area (Å²) < 4.78 is 5.50. The summed E-state index contributed by atoms with van der Waals surface area (Å²) in [7, 11) is 0. The van der Waals surface area contributed by atoms with Crippen molar-refractivity contribution < 1.29 is 9.66 Å². The highest BCUT2D eigenvalue weighted by molar-refractivity contribution is 5.36. The molecule has 2 aromatic carbocycles. The highest BCUT2D eigenvalue weighted by Crippen LogP contribution is 2.18. The molecule has 0 amide bonds. The average Bonchev–Trinajstić information content (AvgIpc) is 2.38. The zero-order chi connectivity index (χ0) is 12.1. The van der Waals surface area contributed by atoms with Crippen LogP contribution in [0, 0.1) is 10.1 Å². The standard InChI is InChI=1S/C13H11NO3/c15-14(16)12-6-8-13(9-7-12)17-10-11-4-2-1-3-5-11/h1-9H,10H2/i17+2. The molecule has 4 heteroatoms. The summed E-state index contributed by atoms with van der Waals surface area (Å²) in [5, 5.41) is 10.5. The van der Waals surface area contributed by atoms with Crippen molar-refractivity contribution in [1.82, 2.24) is 0 Å². The average molecular weight is 231 g/mol. The molecule has 0 spiro atoms. The van der Waals surface area contributed by atoms with Crippen molar-refractivity contribution in [2.24, 2.45) is 0 Å². The maximum absolute atomic E-state index is 10.5. The minimum atomic E-state index is -0.430. The Morgan fingerprint density at radius 3 is 2.24 bits per heavy atom. The lowest BCUT2D eigenvalue weighted by Crippen LogP contribution is -1.95. The number of nitro groups is 1. The molecule has 0 aromatic heterocycles. The molecule has 2 aromatic rings. The second kappa shape index (κ2) is 5.12. The second-order valence-electron chi connectivity index (χ2n) is 3.53. The number of benzene rings is 2. The summed E-state index contributed by atoms with van der Waals surface area (Å²) in [6.45, 7) is 0.457. The van der Waals surface area contributed by atoms with E-state index in [1.54, 1.807) is 12.1 Å². The van der Waals surface area contributed by atoms with Crippen LogP contribution < -0.4 is 4.74 Å². The minimum absolute atomic E-state index is 0.0667. The predicted octanol–water partition coefficient (Wildman–Crippen LogP) is 3.17. The van der Waals surface area contributed by atoms with Crippen LogP contribution in [-0.4, -0.2) is 4.92 Å². The third-order valence-corrected chi connectivity index (χ3v) is 2.30. The fraction of sp³-hybridized carbons (Fsp3) is 0.0769. The third-order valence-electron chi connectivity index (χ3n) is 2.30. The van der Waals surface area contributed by atoms with Crippen LogP contribution >= 0.6 is 0 Å². The molecule has 0 saturated heterocycles. The second-order valence-corrected chi connectivity index (χ2v) is 3.53. The third kappa shape index (κ3) is 3.04. The van der Waals surface area contributed by atoms with Crippen LogP contribution in [0.1, 0.15) is 5.56 Å². The molecule has 0 bridgehead atoms. The molecule has 0 aliphatic carbocycles. The Hall–Kier alpha value is -2.36. The molecule has 4 nitrogen and oxygen atoms in total. The van der Waals surface area contributed by atoms with E-state index in [1.807, 2.05) is 30.3 Å². The Balaban J connectivity index is 1.98. The molecule has 17 heavy (non-hydrogen) atoms. The normalized spacial score (nSPS) is 9.88. The van der Waals surface area contributed by atoms with E-state index in [0.717, 1.165) is 5.56 Å². The zero-order valence-corrected chi connectivity index (χ0v) is 9.08. The molecule has 2 rings (SSSR count). The Kier molecular flexibility index (Phi) is 3.35. The quantitative estimate of drug-likeness (QED) is 0.461. The van der Waals surface area contributed by atoms with E-state index in [-0.39, 0.29) is 5.69 Å². The van der Waals surface area contributed by atoms with Gasteiger partial charge < -0.3 is 4.74 Å². The molecular weight excluding hydrogens is 220 g/mol. The van der Waals surface area contributed by atoms with Gasteiger partial charge in [-0.2, -0.15) is 0 Å². The van der Waals surface area contributed by atoms with Gasteiger partial charge in [-0.25, -0.2) is 0 Å². The molecule has 0 saturated carbocycles. The van der Waals surface area contributed by atoms with Crippen LogP contribution in [0.25, 0.3) is 0 Å². The number of rotatable bonds is 4. The highest BCUT2D eigenvalue weighted by atomic mass is 18.3. The van der Waals surface area contributed by atoms with Gasteiger partial charge in [-0.3, -0.25) is 10.1 Å². The molecule has 86 valence electrons. The molecule has 0 N–H and O–H groups in total. The fourth-order valence-electron chi connectivity index (χ4n) is 1.40. The molecule has 0 atom stereocenters.